The number of likely N-dealkylation sites (N-methyl/N-ethyl adjacent to an activating group) is 2. The summed E-state index contributed by atoms with van der Waals surface area (Å²) < 4.78 is 5.05. The van der Waals surface area contributed by atoms with E-state index >= 15 is 0 Å². The van der Waals surface area contributed by atoms with Crippen LogP contribution in [0.15, 0.2) is 12.2 Å². The molecular weight excluding hydrogens is 176 g/mol. The van der Waals surface area contributed by atoms with Crippen molar-refractivity contribution < 1.29 is 4.74 Å². The summed E-state index contributed by atoms with van der Waals surface area (Å²) in [6.07, 6.45) is 0. The van der Waals surface area contributed by atoms with Gasteiger partial charge in [0.2, 0.25) is 0 Å². The van der Waals surface area contributed by atoms with E-state index in [0.29, 0.717) is 0 Å². The number of hydrogen-bond acceptors (Lipinski definition) is 3. The molecule has 0 aromatic rings. The summed E-state index contributed by atoms with van der Waals surface area (Å²) in [5.41, 5.74) is 1.24. The van der Waals surface area contributed by atoms with Crippen molar-refractivity contribution in [1.29, 1.82) is 0 Å². The van der Waals surface area contributed by atoms with Crippen LogP contribution in [-0.2, 0) is 4.74 Å². The predicted octanol–water partition coefficient (Wildman–Crippen LogP) is 1.12. The van der Waals surface area contributed by atoms with Crippen molar-refractivity contribution in [2.45, 2.75) is 13.8 Å². The van der Waals surface area contributed by atoms with Crippen LogP contribution in [0.3, 0.4) is 0 Å². The Kier molecular flexibility index (Phi) is 8.94. The van der Waals surface area contributed by atoms with Crippen LogP contribution in [0.1, 0.15) is 13.8 Å². The van der Waals surface area contributed by atoms with E-state index in [1.165, 1.54) is 5.57 Å². The van der Waals surface area contributed by atoms with E-state index < -0.39 is 0 Å². The lowest BCUT2D eigenvalue weighted by molar-refractivity contribution is 0.155. The first-order chi connectivity index (χ1) is 6.74. The van der Waals surface area contributed by atoms with E-state index in [4.69, 9.17) is 4.74 Å². The Morgan fingerprint density at radius 2 is 2.14 bits per heavy atom. The van der Waals surface area contributed by atoms with Gasteiger partial charge in [-0.1, -0.05) is 20.4 Å². The molecule has 0 radical (unpaired) electrons. The van der Waals surface area contributed by atoms with Gasteiger partial charge in [-0.3, -0.25) is 4.90 Å². The molecule has 0 aromatic heterocycles. The second-order valence-corrected chi connectivity index (χ2v) is 3.39. The Bertz CT molecular complexity index is 148. The van der Waals surface area contributed by atoms with Crippen molar-refractivity contribution in [3.63, 3.8) is 0 Å². The lowest BCUT2D eigenvalue weighted by atomic mass is 10.2. The minimum atomic E-state index is 0.794. The molecule has 0 aromatic carbocycles. The van der Waals surface area contributed by atoms with E-state index in [0.717, 1.165) is 39.3 Å². The molecule has 84 valence electrons. The SMILES string of the molecule is C=C(CNCC)CN(CC)CCOC. The molecule has 0 aliphatic rings. The van der Waals surface area contributed by atoms with Crippen molar-refractivity contribution in [1.82, 2.24) is 10.2 Å². The van der Waals surface area contributed by atoms with Crippen LogP contribution in [0.5, 0.6) is 0 Å². The maximum absolute atomic E-state index is 5.05. The normalized spacial score (nSPS) is 10.9. The molecule has 0 saturated heterocycles. The van der Waals surface area contributed by atoms with Crippen LogP contribution >= 0.6 is 0 Å². The van der Waals surface area contributed by atoms with Crippen LogP contribution in [0.2, 0.25) is 0 Å². The fourth-order valence-electron chi connectivity index (χ4n) is 1.24. The zero-order valence-electron chi connectivity index (χ0n) is 9.81. The van der Waals surface area contributed by atoms with E-state index in [2.05, 4.69) is 30.6 Å². The van der Waals surface area contributed by atoms with Crippen LogP contribution in [-0.4, -0.2) is 51.3 Å². The second-order valence-electron chi connectivity index (χ2n) is 3.39. The van der Waals surface area contributed by atoms with Crippen LogP contribution < -0.4 is 5.32 Å². The molecule has 0 aliphatic carbocycles. The molecule has 1 N–H and O–H groups in total. The molecule has 0 rings (SSSR count). The molecule has 0 fully saturated rings. The highest BCUT2D eigenvalue weighted by atomic mass is 16.5. The van der Waals surface area contributed by atoms with E-state index in [-0.39, 0.29) is 0 Å². The van der Waals surface area contributed by atoms with Gasteiger partial charge in [-0.2, -0.15) is 0 Å². The molecule has 0 spiro atoms. The highest BCUT2D eigenvalue weighted by Gasteiger charge is 2.03. The molecular formula is C11H24N2O. The van der Waals surface area contributed by atoms with E-state index in [1.807, 2.05) is 0 Å². The lowest BCUT2D eigenvalue weighted by Gasteiger charge is -2.21. The van der Waals surface area contributed by atoms with Crippen molar-refractivity contribution in [3.8, 4) is 0 Å². The van der Waals surface area contributed by atoms with E-state index in [9.17, 15) is 0 Å². The highest BCUT2D eigenvalue weighted by Crippen LogP contribution is 1.95. The van der Waals surface area contributed by atoms with Crippen LogP contribution in [0, 0.1) is 0 Å². The zero-order chi connectivity index (χ0) is 10.8. The number of nitrogens with zero attached hydrogens (tertiary/aromatic N) is 1. The van der Waals surface area contributed by atoms with Gasteiger partial charge in [0.05, 0.1) is 6.61 Å². The van der Waals surface area contributed by atoms with Gasteiger partial charge in [0, 0.05) is 26.7 Å². The van der Waals surface area contributed by atoms with Gasteiger partial charge in [0.25, 0.3) is 0 Å². The summed E-state index contributed by atoms with van der Waals surface area (Å²) in [4.78, 5) is 2.34. The third kappa shape index (κ3) is 7.06. The average Bonchev–Trinajstić information content (AvgIpc) is 2.21. The first-order valence-electron chi connectivity index (χ1n) is 5.33. The third-order valence-electron chi connectivity index (χ3n) is 2.13. The summed E-state index contributed by atoms with van der Waals surface area (Å²) in [7, 11) is 1.74. The van der Waals surface area contributed by atoms with Gasteiger partial charge < -0.3 is 10.1 Å². The van der Waals surface area contributed by atoms with Gasteiger partial charge in [0.1, 0.15) is 0 Å². The van der Waals surface area contributed by atoms with Gasteiger partial charge in [-0.05, 0) is 18.7 Å². The van der Waals surface area contributed by atoms with Crippen molar-refractivity contribution in [3.05, 3.63) is 12.2 Å². The Morgan fingerprint density at radius 1 is 1.43 bits per heavy atom. The Labute approximate surface area is 88.1 Å². The third-order valence-corrected chi connectivity index (χ3v) is 2.13. The maximum atomic E-state index is 5.05. The largest absolute Gasteiger partial charge is 0.383 e. The smallest absolute Gasteiger partial charge is 0.0589 e. The zero-order valence-corrected chi connectivity index (χ0v) is 9.81. The molecule has 0 atom stereocenters. The first kappa shape index (κ1) is 13.6. The molecule has 0 amide bonds. The minimum absolute atomic E-state index is 0.794. The molecule has 0 aliphatic heterocycles. The average molecular weight is 200 g/mol. The minimum Gasteiger partial charge on any atom is -0.383 e. The second kappa shape index (κ2) is 9.19. The fourth-order valence-corrected chi connectivity index (χ4v) is 1.24. The van der Waals surface area contributed by atoms with Crippen molar-refractivity contribution in [2.24, 2.45) is 0 Å². The highest BCUT2D eigenvalue weighted by molar-refractivity contribution is 4.99. The van der Waals surface area contributed by atoms with Crippen molar-refractivity contribution >= 4 is 0 Å². The number of nitrogens with one attached hydrogen (secondary N) is 1. The van der Waals surface area contributed by atoms with E-state index in [1.54, 1.807) is 7.11 Å². The first-order valence-corrected chi connectivity index (χ1v) is 5.33. The Morgan fingerprint density at radius 3 is 2.64 bits per heavy atom. The number of hydrogen-bond donors (Lipinski definition) is 1. The number of rotatable bonds is 9. The Balaban J connectivity index is 3.62. The molecule has 3 heteroatoms. The van der Waals surface area contributed by atoms with Gasteiger partial charge in [-0.25, -0.2) is 0 Å². The van der Waals surface area contributed by atoms with Gasteiger partial charge in [0.15, 0.2) is 0 Å². The van der Waals surface area contributed by atoms with Crippen LogP contribution in [0.4, 0.5) is 0 Å². The Hall–Kier alpha value is -0.380. The summed E-state index contributed by atoms with van der Waals surface area (Å²) in [6, 6.07) is 0. The molecule has 0 unspecified atom stereocenters. The summed E-state index contributed by atoms with van der Waals surface area (Å²) in [6.45, 7) is 14.0. The molecule has 0 heterocycles. The molecule has 14 heavy (non-hydrogen) atoms. The van der Waals surface area contributed by atoms with Crippen LogP contribution in [0.25, 0.3) is 0 Å². The predicted molar refractivity (Wildman–Crippen MR) is 61.7 cm³/mol. The lowest BCUT2D eigenvalue weighted by Crippen LogP contribution is -2.31. The summed E-state index contributed by atoms with van der Waals surface area (Å²) >= 11 is 0. The number of ether oxygens (including phenoxy) is 1. The topological polar surface area (TPSA) is 24.5 Å². The molecule has 0 bridgehead atoms. The molecule has 3 nitrogen and oxygen atoms in total. The summed E-state index contributed by atoms with van der Waals surface area (Å²) in [5, 5.41) is 3.28. The number of methoxy groups -OCH3 is 1. The van der Waals surface area contributed by atoms with Crippen molar-refractivity contribution in [2.75, 3.05) is 46.4 Å². The fraction of sp³-hybridized carbons (Fsp3) is 0.818. The quantitative estimate of drug-likeness (QED) is 0.565. The van der Waals surface area contributed by atoms with Gasteiger partial charge >= 0.3 is 0 Å². The maximum Gasteiger partial charge on any atom is 0.0589 e. The monoisotopic (exact) mass is 200 g/mol. The summed E-state index contributed by atoms with van der Waals surface area (Å²) in [5.74, 6) is 0. The molecule has 0 saturated carbocycles. The van der Waals surface area contributed by atoms with Gasteiger partial charge in [-0.15, -0.1) is 0 Å². The standard InChI is InChI=1S/C11H24N2O/c1-5-12-9-11(3)10-13(6-2)7-8-14-4/h12H,3,5-10H2,1-2,4H3.